The molecule has 3 N–H and O–H groups in total. The van der Waals surface area contributed by atoms with Crippen LogP contribution in [-0.2, 0) is 0 Å². The molecule has 0 heterocycles. The van der Waals surface area contributed by atoms with Crippen LogP contribution in [0.5, 0.6) is 0 Å². The van der Waals surface area contributed by atoms with Crippen LogP contribution in [0.3, 0.4) is 0 Å². The van der Waals surface area contributed by atoms with Crippen LogP contribution in [0.15, 0.2) is 12.1 Å². The second kappa shape index (κ2) is 5.37. The summed E-state index contributed by atoms with van der Waals surface area (Å²) in [5.41, 5.74) is 6.48. The number of nitrogen functional groups attached to an aromatic ring is 1. The Morgan fingerprint density at radius 1 is 1.50 bits per heavy atom. The maximum atomic E-state index is 12.0. The zero-order valence-corrected chi connectivity index (χ0v) is 11.7. The summed E-state index contributed by atoms with van der Waals surface area (Å²) in [7, 11) is 0. The molecule has 1 fully saturated rings. The topological polar surface area (TPSA) is 55.1 Å². The highest BCUT2D eigenvalue weighted by Gasteiger charge is 2.37. The third-order valence-corrected chi connectivity index (χ3v) is 4.03. The molecule has 2 rings (SSSR count). The average Bonchev–Trinajstić information content (AvgIpc) is 3.04. The molecule has 1 amide bonds. The Balaban J connectivity index is 2.02. The molecule has 0 aliphatic heterocycles. The Bertz CT molecular complexity index is 453. The normalized spacial score (nSPS) is 21.7. The van der Waals surface area contributed by atoms with Gasteiger partial charge in [0.1, 0.15) is 0 Å². The van der Waals surface area contributed by atoms with Crippen LogP contribution in [0.1, 0.15) is 36.5 Å². The minimum atomic E-state index is -0.135. The first-order valence-electron chi connectivity index (χ1n) is 6.08. The fraction of sp³-hybridized carbons (Fsp3) is 0.462. The maximum Gasteiger partial charge on any atom is 0.251 e. The fourth-order valence-electron chi connectivity index (χ4n) is 2.11. The van der Waals surface area contributed by atoms with Crippen molar-refractivity contribution in [2.75, 3.05) is 5.73 Å². The molecule has 1 aliphatic rings. The highest BCUT2D eigenvalue weighted by Crippen LogP contribution is 2.35. The highest BCUT2D eigenvalue weighted by atomic mass is 35.5. The van der Waals surface area contributed by atoms with Gasteiger partial charge in [-0.3, -0.25) is 4.79 Å². The van der Waals surface area contributed by atoms with Crippen molar-refractivity contribution in [3.05, 3.63) is 27.7 Å². The number of hydrogen-bond acceptors (Lipinski definition) is 2. The van der Waals surface area contributed by atoms with Gasteiger partial charge in [-0.05, 0) is 30.9 Å². The Morgan fingerprint density at radius 2 is 2.22 bits per heavy atom. The molecule has 0 radical (unpaired) electrons. The van der Waals surface area contributed by atoms with Crippen molar-refractivity contribution >= 4 is 34.8 Å². The van der Waals surface area contributed by atoms with Gasteiger partial charge in [0, 0.05) is 11.6 Å². The average molecular weight is 287 g/mol. The van der Waals surface area contributed by atoms with Crippen LogP contribution >= 0.6 is 23.2 Å². The maximum absolute atomic E-state index is 12.0. The van der Waals surface area contributed by atoms with Crippen molar-refractivity contribution in [1.29, 1.82) is 0 Å². The van der Waals surface area contributed by atoms with Crippen molar-refractivity contribution < 1.29 is 4.79 Å². The molecule has 0 spiro atoms. The SMILES string of the molecule is CCCC1CC1NC(=O)c1cc(N)c(Cl)c(Cl)c1. The second-order valence-corrected chi connectivity index (χ2v) is 5.51. The number of carbonyl (C=O) groups excluding carboxylic acids is 1. The zero-order valence-electron chi connectivity index (χ0n) is 10.2. The van der Waals surface area contributed by atoms with Crippen LogP contribution < -0.4 is 11.1 Å². The minimum absolute atomic E-state index is 0.135. The van der Waals surface area contributed by atoms with Crippen molar-refractivity contribution in [2.45, 2.75) is 32.2 Å². The summed E-state index contributed by atoms with van der Waals surface area (Å²) in [4.78, 5) is 12.0. The van der Waals surface area contributed by atoms with Gasteiger partial charge in [0.15, 0.2) is 0 Å². The summed E-state index contributed by atoms with van der Waals surface area (Å²) in [5.74, 6) is 0.489. The Kier molecular flexibility index (Phi) is 4.03. The number of nitrogens with two attached hydrogens (primary N) is 1. The standard InChI is InChI=1S/C13H16Cl2N2O/c1-2-3-7-6-11(7)17-13(18)8-4-9(14)12(15)10(16)5-8/h4-5,7,11H,2-3,6,16H2,1H3,(H,17,18). The van der Waals surface area contributed by atoms with Gasteiger partial charge in [-0.1, -0.05) is 36.5 Å². The van der Waals surface area contributed by atoms with Crippen molar-refractivity contribution in [3.63, 3.8) is 0 Å². The largest absolute Gasteiger partial charge is 0.397 e. The molecule has 1 saturated carbocycles. The van der Waals surface area contributed by atoms with E-state index in [-0.39, 0.29) is 5.91 Å². The van der Waals surface area contributed by atoms with E-state index < -0.39 is 0 Å². The molecular weight excluding hydrogens is 271 g/mol. The van der Waals surface area contributed by atoms with E-state index in [9.17, 15) is 4.79 Å². The van der Waals surface area contributed by atoms with E-state index in [0.717, 1.165) is 19.3 Å². The molecule has 1 aromatic rings. The quantitative estimate of drug-likeness (QED) is 0.833. The first-order valence-corrected chi connectivity index (χ1v) is 6.84. The molecular formula is C13H16Cl2N2O. The summed E-state index contributed by atoms with van der Waals surface area (Å²) in [6.45, 7) is 2.15. The number of halogens is 2. The van der Waals surface area contributed by atoms with Gasteiger partial charge in [0.2, 0.25) is 0 Å². The number of rotatable bonds is 4. The molecule has 98 valence electrons. The number of hydrogen-bond donors (Lipinski definition) is 2. The monoisotopic (exact) mass is 286 g/mol. The Morgan fingerprint density at radius 3 is 2.83 bits per heavy atom. The van der Waals surface area contributed by atoms with Crippen LogP contribution in [0.2, 0.25) is 10.0 Å². The predicted molar refractivity (Wildman–Crippen MR) is 75.1 cm³/mol. The summed E-state index contributed by atoms with van der Waals surface area (Å²) >= 11 is 11.7. The number of benzene rings is 1. The van der Waals surface area contributed by atoms with Gasteiger partial charge in [-0.15, -0.1) is 0 Å². The van der Waals surface area contributed by atoms with E-state index in [1.54, 1.807) is 12.1 Å². The summed E-state index contributed by atoms with van der Waals surface area (Å²) < 4.78 is 0. The highest BCUT2D eigenvalue weighted by molar-refractivity contribution is 6.43. The van der Waals surface area contributed by atoms with E-state index in [1.807, 2.05) is 0 Å². The van der Waals surface area contributed by atoms with Gasteiger partial charge in [-0.2, -0.15) is 0 Å². The summed E-state index contributed by atoms with van der Waals surface area (Å²) in [5, 5.41) is 3.59. The van der Waals surface area contributed by atoms with Crippen molar-refractivity contribution in [1.82, 2.24) is 5.32 Å². The van der Waals surface area contributed by atoms with Crippen LogP contribution in [0.25, 0.3) is 0 Å². The van der Waals surface area contributed by atoms with Crippen LogP contribution in [0.4, 0.5) is 5.69 Å². The van der Waals surface area contributed by atoms with E-state index in [0.29, 0.717) is 33.3 Å². The Labute approximate surface area is 117 Å². The van der Waals surface area contributed by atoms with E-state index in [1.165, 1.54) is 0 Å². The third kappa shape index (κ3) is 2.90. The lowest BCUT2D eigenvalue weighted by Crippen LogP contribution is -2.26. The van der Waals surface area contributed by atoms with Gasteiger partial charge in [-0.25, -0.2) is 0 Å². The lowest BCUT2D eigenvalue weighted by atomic mass is 10.2. The molecule has 1 aromatic carbocycles. The smallest absolute Gasteiger partial charge is 0.251 e. The second-order valence-electron chi connectivity index (χ2n) is 4.73. The Hall–Kier alpha value is -0.930. The van der Waals surface area contributed by atoms with Gasteiger partial charge in [0.05, 0.1) is 15.7 Å². The van der Waals surface area contributed by atoms with Crippen LogP contribution in [0, 0.1) is 5.92 Å². The predicted octanol–water partition coefficient (Wildman–Crippen LogP) is 3.49. The number of carbonyl (C=O) groups is 1. The fourth-order valence-corrected chi connectivity index (χ4v) is 2.44. The van der Waals surface area contributed by atoms with E-state index >= 15 is 0 Å². The molecule has 3 nitrogen and oxygen atoms in total. The molecule has 5 heteroatoms. The van der Waals surface area contributed by atoms with E-state index in [2.05, 4.69) is 12.2 Å². The molecule has 0 bridgehead atoms. The molecule has 18 heavy (non-hydrogen) atoms. The lowest BCUT2D eigenvalue weighted by molar-refractivity contribution is 0.0949. The first kappa shape index (κ1) is 13.5. The molecule has 2 unspecified atom stereocenters. The zero-order chi connectivity index (χ0) is 13.3. The van der Waals surface area contributed by atoms with E-state index in [4.69, 9.17) is 28.9 Å². The minimum Gasteiger partial charge on any atom is -0.397 e. The molecule has 2 atom stereocenters. The summed E-state index contributed by atoms with van der Waals surface area (Å²) in [6, 6.07) is 3.40. The number of amides is 1. The van der Waals surface area contributed by atoms with Gasteiger partial charge < -0.3 is 11.1 Å². The number of nitrogens with one attached hydrogen (secondary N) is 1. The first-order chi connectivity index (χ1) is 8.52. The van der Waals surface area contributed by atoms with Crippen molar-refractivity contribution in [3.8, 4) is 0 Å². The molecule has 0 saturated heterocycles. The lowest BCUT2D eigenvalue weighted by Gasteiger charge is -2.07. The summed E-state index contributed by atoms with van der Waals surface area (Å²) in [6.07, 6.45) is 3.38. The number of anilines is 1. The van der Waals surface area contributed by atoms with Gasteiger partial charge >= 0.3 is 0 Å². The van der Waals surface area contributed by atoms with Gasteiger partial charge in [0.25, 0.3) is 5.91 Å². The third-order valence-electron chi connectivity index (χ3n) is 3.22. The molecule has 1 aliphatic carbocycles. The van der Waals surface area contributed by atoms with Crippen molar-refractivity contribution in [2.24, 2.45) is 5.92 Å². The molecule has 0 aromatic heterocycles. The van der Waals surface area contributed by atoms with Crippen LogP contribution in [-0.4, -0.2) is 11.9 Å².